The van der Waals surface area contributed by atoms with Crippen LogP contribution in [0.15, 0.2) is 107 Å². The molecule has 0 atom stereocenters. The van der Waals surface area contributed by atoms with Crippen LogP contribution in [-0.2, 0) is 6.54 Å². The van der Waals surface area contributed by atoms with E-state index in [4.69, 9.17) is 30.2 Å². The molecule has 60 heavy (non-hydrogen) atoms. The number of aromatic nitrogens is 1. The lowest BCUT2D eigenvalue weighted by Gasteiger charge is -2.17. The maximum absolute atomic E-state index is 8.49. The summed E-state index contributed by atoms with van der Waals surface area (Å²) < 4.78 is 39.1. The average Bonchev–Trinajstić information content (AvgIpc) is 3.71. The summed E-state index contributed by atoms with van der Waals surface area (Å²) in [6.07, 6.45) is 33.9. The standard InChI is InChI=1S/C52H64ClN2.ClHO4/c1-3-5-7-9-11-13-15-17-38-54-46(44-30-20-24-40-26-22-32-48(54)50(40)44)36-34-42-28-19-29-43(52(42)53)35-37-47-45-31-21-25-41-27-23-33-49(51(41)45)55(47)39-18-16-14-12-10-8-6-4-2;2-1(3,4)5/h20-27,30-37H,3-19,28-29,38-39H2,1-2H3;(H,2,3,4,5)/q+1;/p-1. The van der Waals surface area contributed by atoms with Crippen molar-refractivity contribution in [3.8, 4) is 0 Å². The Morgan fingerprint density at radius 3 is 1.87 bits per heavy atom. The number of hydrogen-bond acceptors (Lipinski definition) is 4. The van der Waals surface area contributed by atoms with Crippen molar-refractivity contribution in [3.63, 3.8) is 0 Å². The molecule has 5 aromatic rings. The lowest BCUT2D eigenvalue weighted by atomic mass is 9.93. The molecule has 0 saturated carbocycles. The van der Waals surface area contributed by atoms with Crippen molar-refractivity contribution in [1.82, 2.24) is 4.57 Å². The second kappa shape index (κ2) is 22.9. The van der Waals surface area contributed by atoms with E-state index in [1.807, 2.05) is 0 Å². The van der Waals surface area contributed by atoms with Crippen LogP contribution in [0.25, 0.3) is 38.5 Å². The van der Waals surface area contributed by atoms with Crippen LogP contribution in [0.5, 0.6) is 0 Å². The van der Waals surface area contributed by atoms with E-state index in [-0.39, 0.29) is 0 Å². The molecule has 1 aliphatic carbocycles. The second-order valence-electron chi connectivity index (χ2n) is 16.6. The molecule has 0 radical (unpaired) electrons. The quantitative estimate of drug-likeness (QED) is 0.0542. The highest BCUT2D eigenvalue weighted by molar-refractivity contribution is 6.32. The first kappa shape index (κ1) is 45.8. The van der Waals surface area contributed by atoms with E-state index < -0.39 is 10.2 Å². The molecule has 0 spiro atoms. The van der Waals surface area contributed by atoms with Gasteiger partial charge >= 0.3 is 0 Å². The predicted molar refractivity (Wildman–Crippen MR) is 241 cm³/mol. The minimum atomic E-state index is -4.94. The molecule has 0 bridgehead atoms. The molecule has 1 aromatic heterocycles. The SMILES string of the molecule is CCCCCCCCCCn1/c(=C/C=C2\CCCC(/C=C/C3=[N+](CCCCCCCCCC)c4cccc5cccc3c45)=C2Cl)c2cccc3cccc1c32.[O-][Cl+3]([O-])([O-])[O-]. The molecule has 0 amide bonds. The molecule has 4 aromatic carbocycles. The van der Waals surface area contributed by atoms with E-state index in [0.717, 1.165) is 37.4 Å². The van der Waals surface area contributed by atoms with Crippen LogP contribution in [0.4, 0.5) is 5.69 Å². The van der Waals surface area contributed by atoms with Gasteiger partial charge in [0.1, 0.15) is 6.54 Å². The zero-order valence-electron chi connectivity index (χ0n) is 35.9. The number of allylic oxidation sites excluding steroid dienone is 6. The first-order valence-corrected chi connectivity index (χ1v) is 24.4. The van der Waals surface area contributed by atoms with Gasteiger partial charge in [0.05, 0.1) is 10.9 Å². The van der Waals surface area contributed by atoms with E-state index in [9.17, 15) is 0 Å². The van der Waals surface area contributed by atoms with Crippen LogP contribution in [-0.4, -0.2) is 21.4 Å². The van der Waals surface area contributed by atoms with Gasteiger partial charge in [0, 0.05) is 51.8 Å². The highest BCUT2D eigenvalue weighted by Gasteiger charge is 2.30. The van der Waals surface area contributed by atoms with Gasteiger partial charge in [-0.15, -0.1) is 10.2 Å². The lowest BCUT2D eigenvalue weighted by molar-refractivity contribution is -2.00. The van der Waals surface area contributed by atoms with Crippen molar-refractivity contribution in [2.75, 3.05) is 6.54 Å². The van der Waals surface area contributed by atoms with Gasteiger partial charge in [-0.05, 0) is 72.2 Å². The van der Waals surface area contributed by atoms with Crippen molar-refractivity contribution >= 4 is 61.5 Å². The summed E-state index contributed by atoms with van der Waals surface area (Å²) in [6, 6.07) is 27.2. The van der Waals surface area contributed by atoms with Gasteiger partial charge in [-0.3, -0.25) is 0 Å². The zero-order valence-corrected chi connectivity index (χ0v) is 37.4. The lowest BCUT2D eigenvalue weighted by Crippen LogP contribution is -2.68. The van der Waals surface area contributed by atoms with Gasteiger partial charge in [0.2, 0.25) is 11.4 Å². The van der Waals surface area contributed by atoms with Crippen molar-refractivity contribution < 1.29 is 33.5 Å². The van der Waals surface area contributed by atoms with Gasteiger partial charge in [-0.2, -0.15) is 4.58 Å². The summed E-state index contributed by atoms with van der Waals surface area (Å²) in [7, 11) is -4.94. The molecule has 8 heteroatoms. The molecule has 2 aliphatic rings. The Labute approximate surface area is 365 Å². The highest BCUT2D eigenvalue weighted by Crippen LogP contribution is 2.37. The van der Waals surface area contributed by atoms with Crippen LogP contribution in [0, 0.1) is 10.2 Å². The van der Waals surface area contributed by atoms with Gasteiger partial charge in [-0.25, -0.2) is 18.6 Å². The average molecular weight is 852 g/mol. The smallest absolute Gasteiger partial charge is 0.214 e. The summed E-state index contributed by atoms with van der Waals surface area (Å²) in [6.45, 7) is 6.70. The number of hydrogen-bond donors (Lipinski definition) is 0. The van der Waals surface area contributed by atoms with Crippen LogP contribution in [0.3, 0.4) is 0 Å². The fourth-order valence-corrected chi connectivity index (χ4v) is 9.60. The first-order chi connectivity index (χ1) is 29.2. The zero-order chi connectivity index (χ0) is 42.3. The number of nitrogens with zero attached hydrogens (tertiary/aromatic N) is 2. The first-order valence-electron chi connectivity index (χ1n) is 22.8. The molecule has 7 rings (SSSR count). The molecule has 0 N–H and O–H groups in total. The summed E-state index contributed by atoms with van der Waals surface area (Å²) in [5.41, 5.74) is 7.90. The Balaban J connectivity index is 0.00000114. The normalized spacial score (nSPS) is 15.5. The monoisotopic (exact) mass is 850 g/mol. The van der Waals surface area contributed by atoms with Crippen LogP contribution < -0.4 is 24.0 Å². The molecular formula is C52H64Cl2N2O4. The Hall–Kier alpha value is -3.75. The van der Waals surface area contributed by atoms with Gasteiger partial charge in [0.15, 0.2) is 0 Å². The van der Waals surface area contributed by atoms with E-state index in [1.165, 1.54) is 169 Å². The fourth-order valence-electron chi connectivity index (χ4n) is 9.29. The van der Waals surface area contributed by atoms with Crippen molar-refractivity contribution in [1.29, 1.82) is 0 Å². The number of unbranched alkanes of at least 4 members (excludes halogenated alkanes) is 14. The van der Waals surface area contributed by atoms with Crippen LogP contribution >= 0.6 is 11.6 Å². The molecule has 2 heterocycles. The second-order valence-corrected chi connectivity index (χ2v) is 17.8. The highest BCUT2D eigenvalue weighted by atomic mass is 35.7. The minimum absolute atomic E-state index is 0.937. The number of halogens is 2. The topological polar surface area (TPSA) is 100 Å². The summed E-state index contributed by atoms with van der Waals surface area (Å²) in [4.78, 5) is 0. The molecule has 0 saturated heterocycles. The number of rotatable bonds is 21. The largest absolute Gasteiger partial charge is 0.340 e. The van der Waals surface area contributed by atoms with Crippen molar-refractivity contribution in [2.24, 2.45) is 0 Å². The molecule has 1 aliphatic heterocycles. The Morgan fingerprint density at radius 1 is 0.633 bits per heavy atom. The third kappa shape index (κ3) is 12.2. The van der Waals surface area contributed by atoms with Crippen LogP contribution in [0.2, 0.25) is 0 Å². The maximum Gasteiger partial charge on any atom is 0.214 e. The predicted octanol–water partition coefficient (Wildman–Crippen LogP) is 10.3. The third-order valence-corrected chi connectivity index (χ3v) is 12.8. The van der Waals surface area contributed by atoms with Gasteiger partial charge < -0.3 is 4.57 Å². The van der Waals surface area contributed by atoms with Gasteiger partial charge in [0.25, 0.3) is 0 Å². The van der Waals surface area contributed by atoms with E-state index in [0.29, 0.717) is 0 Å². The molecule has 6 nitrogen and oxygen atoms in total. The molecule has 320 valence electrons. The summed E-state index contributed by atoms with van der Waals surface area (Å²) in [5, 5.41) is 9.05. The van der Waals surface area contributed by atoms with Crippen molar-refractivity contribution in [2.45, 2.75) is 142 Å². The number of aryl methyl sites for hydroxylation is 1. The van der Waals surface area contributed by atoms with Crippen molar-refractivity contribution in [3.05, 3.63) is 118 Å². The maximum atomic E-state index is 8.49. The third-order valence-electron chi connectivity index (χ3n) is 12.3. The molecule has 0 fully saturated rings. The van der Waals surface area contributed by atoms with E-state index in [1.54, 1.807) is 0 Å². The summed E-state index contributed by atoms with van der Waals surface area (Å²) >= 11 is 7.35. The fraction of sp³-hybridized carbons (Fsp3) is 0.442. The van der Waals surface area contributed by atoms with Crippen LogP contribution in [0.1, 0.15) is 141 Å². The molecular weight excluding hydrogens is 787 g/mol. The Bertz CT molecular complexity index is 2350. The molecule has 0 unspecified atom stereocenters. The number of benzene rings is 4. The van der Waals surface area contributed by atoms with E-state index in [2.05, 4.69) is 120 Å². The van der Waals surface area contributed by atoms with E-state index >= 15 is 0 Å². The minimum Gasteiger partial charge on any atom is -0.340 e. The Morgan fingerprint density at radius 2 is 1.20 bits per heavy atom. The summed E-state index contributed by atoms with van der Waals surface area (Å²) in [5.74, 6) is 0. The Kier molecular flexibility index (Phi) is 17.5. The van der Waals surface area contributed by atoms with Gasteiger partial charge in [-0.1, -0.05) is 176 Å².